The lowest BCUT2D eigenvalue weighted by Gasteiger charge is -2.45. The van der Waals surface area contributed by atoms with Gasteiger partial charge in [-0.3, -0.25) is 0 Å². The summed E-state index contributed by atoms with van der Waals surface area (Å²) in [4.78, 5) is 7.25. The Kier molecular flexibility index (Phi) is 6.99. The highest BCUT2D eigenvalue weighted by atomic mass is 16.5. The van der Waals surface area contributed by atoms with Crippen molar-refractivity contribution in [3.05, 3.63) is 206 Å². The van der Waals surface area contributed by atoms with Crippen molar-refractivity contribution in [1.29, 1.82) is 0 Å². The predicted octanol–water partition coefficient (Wildman–Crippen LogP) is 12.2. The molecule has 0 unspecified atom stereocenters. The Morgan fingerprint density at radius 3 is 1.61 bits per heavy atom. The number of hydrogen-bond donors (Lipinski definition) is 0. The average molecular weight is 728 g/mol. The molecule has 0 aromatic heterocycles. The van der Waals surface area contributed by atoms with Crippen molar-refractivity contribution in [2.75, 3.05) is 14.7 Å². The fourth-order valence-corrected chi connectivity index (χ4v) is 9.50. The third-order valence-corrected chi connectivity index (χ3v) is 11.8. The minimum Gasteiger partial charge on any atom is -0.454 e. The van der Waals surface area contributed by atoms with Crippen LogP contribution in [0.2, 0.25) is 0 Å². The van der Waals surface area contributed by atoms with Crippen LogP contribution in [0.3, 0.4) is 0 Å². The van der Waals surface area contributed by atoms with E-state index >= 15 is 0 Å². The molecule has 0 atom stereocenters. The van der Waals surface area contributed by atoms with Crippen molar-refractivity contribution in [1.82, 2.24) is 0 Å². The molecule has 266 valence electrons. The van der Waals surface area contributed by atoms with Crippen LogP contribution >= 0.6 is 0 Å². The zero-order chi connectivity index (χ0) is 37.5. The van der Waals surface area contributed by atoms with Gasteiger partial charge in [-0.25, -0.2) is 0 Å². The predicted molar refractivity (Wildman–Crippen MR) is 238 cm³/mol. The largest absolute Gasteiger partial charge is 0.454 e. The third kappa shape index (κ3) is 4.69. The smallest absolute Gasteiger partial charge is 0.252 e. The standard InChI is InChI=1S/C52H34BN3O/c1-5-18-35(19-6-1)54(36-20-7-2-8-21-36)44-33-32-39-41-34-47-50-51(52(41)57-48-31-17-26-40(44)49(39)48)56(38-24-11-4-12-25-38)46-30-16-14-28-43(46)53(50)42-27-13-15-29-45(42)55(47)37-22-9-3-10-23-37/h1-34H. The van der Waals surface area contributed by atoms with Gasteiger partial charge >= 0.3 is 0 Å². The van der Waals surface area contributed by atoms with Crippen molar-refractivity contribution in [2.45, 2.75) is 0 Å². The molecule has 0 amide bonds. The van der Waals surface area contributed by atoms with E-state index in [1.54, 1.807) is 0 Å². The monoisotopic (exact) mass is 727 g/mol. The highest BCUT2D eigenvalue weighted by Crippen LogP contribution is 2.57. The summed E-state index contributed by atoms with van der Waals surface area (Å²) in [7, 11) is 0. The molecule has 0 spiro atoms. The highest BCUT2D eigenvalue weighted by Gasteiger charge is 2.46. The highest BCUT2D eigenvalue weighted by molar-refractivity contribution is 7.00. The van der Waals surface area contributed by atoms with Crippen molar-refractivity contribution in [3.8, 4) is 22.6 Å². The quantitative estimate of drug-likeness (QED) is 0.164. The first-order chi connectivity index (χ1) is 28.3. The van der Waals surface area contributed by atoms with Gasteiger partial charge in [-0.1, -0.05) is 127 Å². The molecule has 9 aromatic carbocycles. The second-order valence-corrected chi connectivity index (χ2v) is 14.8. The van der Waals surface area contributed by atoms with Crippen LogP contribution in [-0.4, -0.2) is 6.71 Å². The summed E-state index contributed by atoms with van der Waals surface area (Å²) in [5.74, 6) is 1.73. The molecule has 3 aliphatic heterocycles. The molecule has 12 rings (SSSR count). The van der Waals surface area contributed by atoms with E-state index in [1.165, 1.54) is 22.1 Å². The molecular weight excluding hydrogens is 693 g/mol. The van der Waals surface area contributed by atoms with Crippen LogP contribution in [0.1, 0.15) is 0 Å². The Morgan fingerprint density at radius 1 is 0.439 bits per heavy atom. The number of anilines is 9. The number of rotatable bonds is 5. The molecule has 0 aliphatic carbocycles. The van der Waals surface area contributed by atoms with Gasteiger partial charge in [0.15, 0.2) is 5.75 Å². The Bertz CT molecular complexity index is 2960. The van der Waals surface area contributed by atoms with E-state index in [0.29, 0.717) is 0 Å². The third-order valence-electron chi connectivity index (χ3n) is 11.8. The minimum absolute atomic E-state index is 0.00101. The normalized spacial score (nSPS) is 12.9. The fourth-order valence-electron chi connectivity index (χ4n) is 9.50. The lowest BCUT2D eigenvalue weighted by atomic mass is 9.33. The number of hydrogen-bond acceptors (Lipinski definition) is 4. The summed E-state index contributed by atoms with van der Waals surface area (Å²) in [6.07, 6.45) is 0. The Balaban J connectivity index is 1.18. The maximum Gasteiger partial charge on any atom is 0.252 e. The molecular formula is C52H34BN3O. The molecule has 4 nitrogen and oxygen atoms in total. The van der Waals surface area contributed by atoms with Gasteiger partial charge in [0.2, 0.25) is 0 Å². The van der Waals surface area contributed by atoms with E-state index in [2.05, 4.69) is 221 Å². The van der Waals surface area contributed by atoms with Gasteiger partial charge in [0, 0.05) is 56.1 Å². The van der Waals surface area contributed by atoms with E-state index in [4.69, 9.17) is 4.74 Å². The molecule has 57 heavy (non-hydrogen) atoms. The van der Waals surface area contributed by atoms with Gasteiger partial charge in [-0.05, 0) is 101 Å². The van der Waals surface area contributed by atoms with E-state index in [1.807, 2.05) is 0 Å². The molecule has 3 heterocycles. The van der Waals surface area contributed by atoms with Crippen molar-refractivity contribution in [3.63, 3.8) is 0 Å². The van der Waals surface area contributed by atoms with Crippen LogP contribution in [0.4, 0.5) is 51.2 Å². The number of ether oxygens (including phenoxy) is 1. The van der Waals surface area contributed by atoms with E-state index < -0.39 is 0 Å². The first-order valence-corrected chi connectivity index (χ1v) is 19.6. The molecule has 0 fully saturated rings. The summed E-state index contributed by atoms with van der Waals surface area (Å²) in [5, 5.41) is 2.23. The van der Waals surface area contributed by atoms with Crippen molar-refractivity contribution in [2.24, 2.45) is 0 Å². The van der Waals surface area contributed by atoms with Crippen LogP contribution in [0.15, 0.2) is 206 Å². The van der Waals surface area contributed by atoms with Crippen LogP contribution in [-0.2, 0) is 0 Å². The molecule has 9 aromatic rings. The summed E-state index contributed by atoms with van der Waals surface area (Å²) in [6, 6.07) is 74.1. The molecule has 5 heteroatoms. The Hall–Kier alpha value is -7.50. The van der Waals surface area contributed by atoms with Gasteiger partial charge < -0.3 is 19.4 Å². The lowest BCUT2D eigenvalue weighted by molar-refractivity contribution is 0.488. The van der Waals surface area contributed by atoms with Crippen LogP contribution in [0.25, 0.3) is 21.9 Å². The van der Waals surface area contributed by atoms with Gasteiger partial charge in [-0.2, -0.15) is 0 Å². The first kappa shape index (κ1) is 31.8. The van der Waals surface area contributed by atoms with Crippen LogP contribution < -0.4 is 35.8 Å². The van der Waals surface area contributed by atoms with E-state index in [0.717, 1.165) is 78.9 Å². The molecule has 0 bridgehead atoms. The molecule has 0 saturated heterocycles. The first-order valence-electron chi connectivity index (χ1n) is 19.6. The van der Waals surface area contributed by atoms with Gasteiger partial charge in [0.05, 0.1) is 11.4 Å². The number of fused-ring (bicyclic) bond motifs is 7. The molecule has 0 radical (unpaired) electrons. The van der Waals surface area contributed by atoms with Gasteiger partial charge in [0.1, 0.15) is 5.75 Å². The molecule has 0 N–H and O–H groups in total. The molecule has 0 saturated carbocycles. The zero-order valence-electron chi connectivity index (χ0n) is 31.0. The minimum atomic E-state index is 0.00101. The number of benzene rings is 9. The average Bonchev–Trinajstić information content (AvgIpc) is 3.28. The van der Waals surface area contributed by atoms with Gasteiger partial charge in [-0.15, -0.1) is 0 Å². The Labute approximate surface area is 332 Å². The summed E-state index contributed by atoms with van der Waals surface area (Å²) < 4.78 is 7.38. The zero-order valence-corrected chi connectivity index (χ0v) is 31.0. The summed E-state index contributed by atoms with van der Waals surface area (Å²) in [5.41, 5.74) is 16.1. The fraction of sp³-hybridized carbons (Fsp3) is 0. The maximum absolute atomic E-state index is 7.38. The SMILES string of the molecule is c1ccc(N2c3ccccc3B3c4ccccc4N(c4ccccc4)c4c5c(cc2c43)-c2ccc(N(c3ccccc3)c3ccccc3)c3cccc(c23)O5)cc1. The van der Waals surface area contributed by atoms with Crippen LogP contribution in [0, 0.1) is 0 Å². The number of para-hydroxylation sites is 6. The van der Waals surface area contributed by atoms with E-state index in [-0.39, 0.29) is 6.71 Å². The Morgan fingerprint density at radius 2 is 0.982 bits per heavy atom. The van der Waals surface area contributed by atoms with Crippen molar-refractivity contribution < 1.29 is 4.74 Å². The van der Waals surface area contributed by atoms with E-state index in [9.17, 15) is 0 Å². The lowest BCUT2D eigenvalue weighted by Crippen LogP contribution is -2.61. The van der Waals surface area contributed by atoms with Crippen molar-refractivity contribution >= 4 is 85.1 Å². The van der Waals surface area contributed by atoms with Gasteiger partial charge in [0.25, 0.3) is 6.71 Å². The number of nitrogens with zero attached hydrogens (tertiary/aromatic N) is 3. The topological polar surface area (TPSA) is 19.0 Å². The second-order valence-electron chi connectivity index (χ2n) is 14.8. The maximum atomic E-state index is 7.38. The second kappa shape index (κ2) is 12.5. The summed E-state index contributed by atoms with van der Waals surface area (Å²) >= 11 is 0. The van der Waals surface area contributed by atoms with Crippen LogP contribution in [0.5, 0.6) is 11.5 Å². The summed E-state index contributed by atoms with van der Waals surface area (Å²) in [6.45, 7) is 0.00101. The molecule has 3 aliphatic rings.